The summed E-state index contributed by atoms with van der Waals surface area (Å²) in [6.45, 7) is 0. The molecular weight excluding hydrogens is 899 g/mol. The van der Waals surface area contributed by atoms with Crippen LogP contribution in [0.3, 0.4) is 0 Å². The molecule has 0 spiro atoms. The Balaban J connectivity index is 1.27. The van der Waals surface area contributed by atoms with Gasteiger partial charge < -0.3 is 4.57 Å². The van der Waals surface area contributed by atoms with Crippen molar-refractivity contribution in [2.45, 2.75) is 24.7 Å². The van der Waals surface area contributed by atoms with E-state index in [-0.39, 0.29) is 67.7 Å². The Morgan fingerprint density at radius 1 is 0.388 bits per heavy atom. The molecule has 0 aliphatic rings. The van der Waals surface area contributed by atoms with Crippen molar-refractivity contribution in [3.8, 4) is 68.2 Å². The molecule has 334 valence electrons. The lowest BCUT2D eigenvalue weighted by atomic mass is 9.94. The van der Waals surface area contributed by atoms with Crippen molar-refractivity contribution in [3.05, 3.63) is 179 Å². The number of nitrogens with zero attached hydrogens (tertiary/aromatic N) is 5. The zero-order valence-corrected chi connectivity index (χ0v) is 33.7. The number of halogens is 12. The van der Waals surface area contributed by atoms with Crippen molar-refractivity contribution >= 4 is 21.8 Å². The van der Waals surface area contributed by atoms with E-state index in [4.69, 9.17) is 9.97 Å². The van der Waals surface area contributed by atoms with Gasteiger partial charge in [0.1, 0.15) is 0 Å². The Hall–Kier alpha value is -8.00. The summed E-state index contributed by atoms with van der Waals surface area (Å²) < 4.78 is 170. The van der Waals surface area contributed by atoms with E-state index in [1.54, 1.807) is 65.2 Å². The van der Waals surface area contributed by atoms with Crippen LogP contribution in [0.4, 0.5) is 52.7 Å². The summed E-state index contributed by atoms with van der Waals surface area (Å²) in [5, 5.41) is 10.8. The average molecular weight is 924 g/mol. The van der Waals surface area contributed by atoms with Crippen LogP contribution >= 0.6 is 0 Å². The first-order valence-corrected chi connectivity index (χ1v) is 19.8. The highest BCUT2D eigenvalue weighted by atomic mass is 19.4. The number of rotatable bonds is 6. The van der Waals surface area contributed by atoms with Crippen LogP contribution in [-0.4, -0.2) is 19.5 Å². The van der Waals surface area contributed by atoms with Crippen molar-refractivity contribution < 1.29 is 52.7 Å². The van der Waals surface area contributed by atoms with E-state index in [1.807, 2.05) is 12.1 Å². The Bertz CT molecular complexity index is 3230. The third kappa shape index (κ3) is 8.42. The Kier molecular flexibility index (Phi) is 10.7. The van der Waals surface area contributed by atoms with E-state index < -0.39 is 58.1 Å². The molecule has 5 nitrogen and oxygen atoms in total. The van der Waals surface area contributed by atoms with Crippen LogP contribution in [0.2, 0.25) is 0 Å². The number of fused-ring (bicyclic) bond motifs is 3. The molecular formula is C50H25F12N5. The van der Waals surface area contributed by atoms with Crippen LogP contribution in [0.5, 0.6) is 0 Å². The highest BCUT2D eigenvalue weighted by molar-refractivity contribution is 6.12. The Morgan fingerprint density at radius 3 is 1.21 bits per heavy atom. The molecule has 2 aromatic heterocycles. The van der Waals surface area contributed by atoms with Crippen molar-refractivity contribution in [2.24, 2.45) is 0 Å². The molecule has 9 aromatic rings. The van der Waals surface area contributed by atoms with Crippen LogP contribution in [0.1, 0.15) is 27.8 Å². The fourth-order valence-electron chi connectivity index (χ4n) is 7.94. The third-order valence-corrected chi connectivity index (χ3v) is 11.0. The maximum Gasteiger partial charge on any atom is 0.417 e. The molecule has 0 saturated carbocycles. The van der Waals surface area contributed by atoms with Gasteiger partial charge >= 0.3 is 24.7 Å². The molecule has 0 saturated heterocycles. The van der Waals surface area contributed by atoms with Crippen molar-refractivity contribution in [3.63, 3.8) is 0 Å². The highest BCUT2D eigenvalue weighted by Crippen LogP contribution is 2.46. The van der Waals surface area contributed by atoms with Crippen LogP contribution < -0.4 is 0 Å². The second kappa shape index (κ2) is 16.2. The zero-order chi connectivity index (χ0) is 47.6. The minimum absolute atomic E-state index is 0.0205. The predicted molar refractivity (Wildman–Crippen MR) is 226 cm³/mol. The van der Waals surface area contributed by atoms with Gasteiger partial charge in [-0.2, -0.15) is 57.9 Å². The lowest BCUT2D eigenvalue weighted by molar-refractivity contribution is -0.144. The summed E-state index contributed by atoms with van der Waals surface area (Å²) in [5.41, 5.74) is -5.66. The molecule has 0 unspecified atom stereocenters. The van der Waals surface area contributed by atoms with Gasteiger partial charge in [-0.15, -0.1) is 0 Å². The molecule has 0 aliphatic carbocycles. The van der Waals surface area contributed by atoms with Crippen LogP contribution in [-0.2, 0) is 24.7 Å². The number of hydrogen-bond acceptors (Lipinski definition) is 4. The van der Waals surface area contributed by atoms with E-state index in [0.29, 0.717) is 47.0 Å². The molecule has 0 atom stereocenters. The summed E-state index contributed by atoms with van der Waals surface area (Å²) in [6.07, 6.45) is -20.8. The SMILES string of the molecule is N#Cc1cc(-n2c3ccc(-c4ccc(C(F)(F)F)cc4C(F)(F)F)cc3c3cc(-c4ccc(C(F)(F)F)cc4C(F)(F)F)ccc32)ccc1-c1nc(-c2ccccc2)nc(-c2ccccc2)n1. The summed E-state index contributed by atoms with van der Waals surface area (Å²) in [7, 11) is 0. The van der Waals surface area contributed by atoms with E-state index in [2.05, 4.69) is 11.1 Å². The molecule has 0 aliphatic heterocycles. The van der Waals surface area contributed by atoms with Gasteiger partial charge in [-0.3, -0.25) is 0 Å². The van der Waals surface area contributed by atoms with Crippen molar-refractivity contribution in [1.29, 1.82) is 5.26 Å². The first kappa shape index (κ1) is 44.2. The van der Waals surface area contributed by atoms with Gasteiger partial charge in [0, 0.05) is 33.2 Å². The number of aromatic nitrogens is 4. The van der Waals surface area contributed by atoms with Gasteiger partial charge in [-0.1, -0.05) is 84.9 Å². The maximum absolute atomic E-state index is 14.4. The second-order valence-corrected chi connectivity index (χ2v) is 15.2. The van der Waals surface area contributed by atoms with Crippen molar-refractivity contribution in [2.75, 3.05) is 0 Å². The van der Waals surface area contributed by atoms with Crippen molar-refractivity contribution in [1.82, 2.24) is 19.5 Å². The normalized spacial score (nSPS) is 12.5. The van der Waals surface area contributed by atoms with E-state index in [1.165, 1.54) is 42.5 Å². The zero-order valence-electron chi connectivity index (χ0n) is 33.7. The monoisotopic (exact) mass is 923 g/mol. The maximum atomic E-state index is 14.4. The molecule has 0 fully saturated rings. The summed E-state index contributed by atoms with van der Waals surface area (Å²) in [5.74, 6) is 0.728. The minimum atomic E-state index is -5.26. The second-order valence-electron chi connectivity index (χ2n) is 15.2. The van der Waals surface area contributed by atoms with Crippen LogP contribution in [0, 0.1) is 11.3 Å². The number of nitriles is 1. The van der Waals surface area contributed by atoms with Gasteiger partial charge in [0.05, 0.1) is 44.9 Å². The quantitative estimate of drug-likeness (QED) is 0.156. The minimum Gasteiger partial charge on any atom is -0.309 e. The standard InChI is InChI=1S/C50H25F12N5/c51-47(52,53)32-13-16-35(40(24-32)49(57,58)59)29-11-19-42-38(22-29)39-23-30(36-17-14-33(48(54,55)56)25-41(36)50(60,61)62)12-20-43(39)67(42)34-15-18-37(31(21-34)26-63)46-65-44(27-7-3-1-4-8-27)64-45(66-46)28-9-5-2-6-10-28/h1-25H. The van der Waals surface area contributed by atoms with Gasteiger partial charge in [-0.25, -0.2) is 15.0 Å². The summed E-state index contributed by atoms with van der Waals surface area (Å²) in [6, 6.07) is 34.7. The first-order valence-electron chi connectivity index (χ1n) is 19.8. The smallest absolute Gasteiger partial charge is 0.309 e. The fraction of sp³-hybridized carbons (Fsp3) is 0.0800. The van der Waals surface area contributed by atoms with E-state index in [0.717, 1.165) is 0 Å². The molecule has 0 amide bonds. The average Bonchev–Trinajstić information content (AvgIpc) is 3.63. The lowest BCUT2D eigenvalue weighted by Gasteiger charge is -2.16. The van der Waals surface area contributed by atoms with Gasteiger partial charge in [0.2, 0.25) is 0 Å². The topological polar surface area (TPSA) is 67.4 Å². The molecule has 2 heterocycles. The number of alkyl halides is 12. The highest BCUT2D eigenvalue weighted by Gasteiger charge is 2.40. The van der Waals surface area contributed by atoms with Gasteiger partial charge in [-0.05, 0) is 89.0 Å². The van der Waals surface area contributed by atoms with Gasteiger partial charge in [0.25, 0.3) is 0 Å². The summed E-state index contributed by atoms with van der Waals surface area (Å²) >= 11 is 0. The van der Waals surface area contributed by atoms with E-state index >= 15 is 0 Å². The fourth-order valence-corrected chi connectivity index (χ4v) is 7.94. The molecule has 17 heteroatoms. The third-order valence-electron chi connectivity index (χ3n) is 11.0. The molecule has 67 heavy (non-hydrogen) atoms. The molecule has 9 rings (SSSR count). The molecule has 7 aromatic carbocycles. The molecule has 0 bridgehead atoms. The Labute approximate surface area is 370 Å². The van der Waals surface area contributed by atoms with Crippen LogP contribution in [0.15, 0.2) is 152 Å². The lowest BCUT2D eigenvalue weighted by Crippen LogP contribution is -2.12. The summed E-state index contributed by atoms with van der Waals surface area (Å²) in [4.78, 5) is 14.1. The molecule has 0 radical (unpaired) electrons. The number of benzene rings is 7. The van der Waals surface area contributed by atoms with E-state index in [9.17, 15) is 57.9 Å². The number of hydrogen-bond donors (Lipinski definition) is 0. The molecule has 0 N–H and O–H groups in total. The van der Waals surface area contributed by atoms with Gasteiger partial charge in [0.15, 0.2) is 17.5 Å². The predicted octanol–water partition coefficient (Wildman–Crippen LogP) is 15.3. The largest absolute Gasteiger partial charge is 0.417 e. The first-order chi connectivity index (χ1) is 31.7. The Morgan fingerprint density at radius 2 is 0.806 bits per heavy atom. The van der Waals surface area contributed by atoms with Crippen LogP contribution in [0.25, 0.3) is 83.9 Å².